The van der Waals surface area contributed by atoms with Crippen LogP contribution in [0.15, 0.2) is 65.6 Å². The Labute approximate surface area is 186 Å². The van der Waals surface area contributed by atoms with E-state index in [1.807, 2.05) is 12.1 Å². The average Bonchev–Trinajstić information content (AvgIpc) is 3.43. The van der Waals surface area contributed by atoms with E-state index in [2.05, 4.69) is 29.2 Å². The minimum absolute atomic E-state index is 0.0731. The number of sulfonamides is 1. The summed E-state index contributed by atoms with van der Waals surface area (Å²) in [5.41, 5.74) is 4.32. The van der Waals surface area contributed by atoms with Gasteiger partial charge in [0.25, 0.3) is 5.69 Å². The molecule has 0 amide bonds. The maximum atomic E-state index is 12.3. The number of nitro groups is 1. The zero-order valence-corrected chi connectivity index (χ0v) is 18.1. The molecule has 2 heterocycles. The van der Waals surface area contributed by atoms with Crippen LogP contribution in [0.5, 0.6) is 0 Å². The summed E-state index contributed by atoms with van der Waals surface area (Å²) in [5, 5.41) is 16.7. The number of nitrogens with zero attached hydrogens (tertiary/aromatic N) is 2. The average molecular weight is 450 g/mol. The molecule has 0 saturated carbocycles. The van der Waals surface area contributed by atoms with Crippen molar-refractivity contribution >= 4 is 21.4 Å². The molecule has 2 aromatic carbocycles. The third-order valence-electron chi connectivity index (χ3n) is 7.60. The zero-order chi connectivity index (χ0) is 22.2. The summed E-state index contributed by atoms with van der Waals surface area (Å²) in [5.74, 6) is 0.876. The van der Waals surface area contributed by atoms with Crippen molar-refractivity contribution in [1.29, 1.82) is 0 Å². The molecule has 0 unspecified atom stereocenters. The number of allylic oxidation sites excluding steroid dienone is 4. The Kier molecular flexibility index (Phi) is 4.16. The third-order valence-corrected chi connectivity index (χ3v) is 8.49. The molecule has 5 atom stereocenters. The van der Waals surface area contributed by atoms with Crippen molar-refractivity contribution in [3.8, 4) is 0 Å². The van der Waals surface area contributed by atoms with Crippen LogP contribution in [0, 0.1) is 22.0 Å². The molecule has 2 aliphatic heterocycles. The van der Waals surface area contributed by atoms with Gasteiger partial charge in [-0.1, -0.05) is 36.4 Å². The number of hydrogen-bond acceptors (Lipinski definition) is 5. The van der Waals surface area contributed by atoms with Crippen LogP contribution in [-0.2, 0) is 10.0 Å². The van der Waals surface area contributed by atoms with Gasteiger partial charge in [-0.25, -0.2) is 13.6 Å². The lowest BCUT2D eigenvalue weighted by Gasteiger charge is -2.51. The first kappa shape index (κ1) is 19.7. The quantitative estimate of drug-likeness (QED) is 0.431. The summed E-state index contributed by atoms with van der Waals surface area (Å²) < 4.78 is 24.6. The van der Waals surface area contributed by atoms with E-state index in [9.17, 15) is 18.5 Å². The summed E-state index contributed by atoms with van der Waals surface area (Å²) >= 11 is 0. The number of rotatable bonds is 3. The number of anilines is 1. The predicted molar refractivity (Wildman–Crippen MR) is 121 cm³/mol. The second-order valence-corrected chi connectivity index (χ2v) is 10.8. The summed E-state index contributed by atoms with van der Waals surface area (Å²) in [4.78, 5) is 13.4. The molecule has 8 heteroatoms. The number of benzene rings is 2. The van der Waals surface area contributed by atoms with Crippen molar-refractivity contribution in [3.63, 3.8) is 0 Å². The van der Waals surface area contributed by atoms with Gasteiger partial charge in [-0.2, -0.15) is 0 Å². The molecule has 0 aromatic heterocycles. The predicted octanol–water partition coefficient (Wildman–Crippen LogP) is 4.14. The Morgan fingerprint density at radius 1 is 1.00 bits per heavy atom. The number of nitro benzene ring substituents is 1. The molecule has 6 rings (SSSR count). The molecule has 7 nitrogen and oxygen atoms in total. The molecule has 0 saturated heterocycles. The van der Waals surface area contributed by atoms with Gasteiger partial charge in [-0.05, 0) is 53.5 Å². The van der Waals surface area contributed by atoms with Gasteiger partial charge >= 0.3 is 0 Å². The monoisotopic (exact) mass is 449 g/mol. The molecular formula is C24H23N3O4S. The van der Waals surface area contributed by atoms with Crippen LogP contribution in [-0.4, -0.2) is 19.9 Å². The zero-order valence-electron chi connectivity index (χ0n) is 17.3. The number of primary sulfonamides is 1. The highest BCUT2D eigenvalue weighted by Gasteiger charge is 2.48. The van der Waals surface area contributed by atoms with E-state index in [0.717, 1.165) is 41.8 Å². The lowest BCUT2D eigenvalue weighted by Crippen LogP contribution is -2.46. The van der Waals surface area contributed by atoms with Crippen LogP contribution in [0.3, 0.4) is 0 Å². The first-order chi connectivity index (χ1) is 15.3. The first-order valence-corrected chi connectivity index (χ1v) is 12.4. The number of hydrogen-bond donors (Lipinski definition) is 1. The van der Waals surface area contributed by atoms with Gasteiger partial charge in [-0.3, -0.25) is 10.1 Å². The molecule has 0 fully saturated rings. The molecule has 2 aromatic rings. The Morgan fingerprint density at radius 2 is 1.66 bits per heavy atom. The van der Waals surface area contributed by atoms with Gasteiger partial charge < -0.3 is 4.90 Å². The summed E-state index contributed by atoms with van der Waals surface area (Å²) in [6.45, 7) is 0.872. The first-order valence-electron chi connectivity index (χ1n) is 10.9. The molecule has 2 N–H and O–H groups in total. The van der Waals surface area contributed by atoms with E-state index in [1.165, 1.54) is 0 Å². The largest absolute Gasteiger partial charge is 0.363 e. The van der Waals surface area contributed by atoms with Gasteiger partial charge in [0.15, 0.2) is 0 Å². The van der Waals surface area contributed by atoms with Gasteiger partial charge in [0, 0.05) is 36.2 Å². The van der Waals surface area contributed by atoms with Gasteiger partial charge in [0.2, 0.25) is 10.0 Å². The topological polar surface area (TPSA) is 107 Å². The maximum absolute atomic E-state index is 12.3. The Bertz CT molecular complexity index is 1280. The second kappa shape index (κ2) is 6.76. The fraction of sp³-hybridized carbons (Fsp3) is 0.333. The van der Waals surface area contributed by atoms with Crippen molar-refractivity contribution in [2.75, 3.05) is 11.4 Å². The van der Waals surface area contributed by atoms with Gasteiger partial charge in [-0.15, -0.1) is 0 Å². The van der Waals surface area contributed by atoms with E-state index < -0.39 is 10.0 Å². The van der Waals surface area contributed by atoms with Crippen molar-refractivity contribution in [1.82, 2.24) is 0 Å². The molecule has 32 heavy (non-hydrogen) atoms. The smallest absolute Gasteiger partial charge is 0.269 e. The minimum atomic E-state index is -3.83. The van der Waals surface area contributed by atoms with Crippen LogP contribution >= 0.6 is 0 Å². The lowest BCUT2D eigenvalue weighted by molar-refractivity contribution is -0.384. The van der Waals surface area contributed by atoms with E-state index in [1.54, 1.807) is 24.3 Å². The fourth-order valence-corrected chi connectivity index (χ4v) is 6.87. The Balaban J connectivity index is 1.57. The molecular weight excluding hydrogens is 426 g/mol. The normalized spacial score (nSPS) is 29.5. The molecule has 4 aliphatic rings. The van der Waals surface area contributed by atoms with Crippen LogP contribution < -0.4 is 10.0 Å². The van der Waals surface area contributed by atoms with E-state index >= 15 is 0 Å². The lowest BCUT2D eigenvalue weighted by atomic mass is 9.70. The fourth-order valence-electron chi connectivity index (χ4n) is 6.28. The maximum Gasteiger partial charge on any atom is 0.269 e. The second-order valence-electron chi connectivity index (χ2n) is 9.24. The summed E-state index contributed by atoms with van der Waals surface area (Å²) in [7, 11) is -3.83. The molecule has 0 spiro atoms. The van der Waals surface area contributed by atoms with E-state index in [0.29, 0.717) is 5.92 Å². The van der Waals surface area contributed by atoms with Crippen LogP contribution in [0.4, 0.5) is 11.4 Å². The Hall–Kier alpha value is -2.97. The number of non-ortho nitro benzene ring substituents is 1. The van der Waals surface area contributed by atoms with Crippen LogP contribution in [0.2, 0.25) is 0 Å². The standard InChI is InChI=1S/C24H23N3O4S/c25-32(30,31)17-11-21-18-4-1-3-15(18)13-26-23(14-7-9-16(10-8-14)27(28)29)20-6-2-5-19(20)22(12-17)24(21)26/h1-2,4-5,7-12,15,18-20,23H,3,6,13H2,(H2,25,30,31)/t15-,18-,19-,20+,23-/m0/s1. The van der Waals surface area contributed by atoms with Crippen LogP contribution in [0.1, 0.15) is 47.4 Å². The number of nitrogens with two attached hydrogens (primary N) is 1. The minimum Gasteiger partial charge on any atom is -0.363 e. The van der Waals surface area contributed by atoms with Crippen molar-refractivity contribution in [2.24, 2.45) is 17.0 Å². The van der Waals surface area contributed by atoms with Crippen molar-refractivity contribution in [3.05, 3.63) is 87.5 Å². The number of fused-ring (bicyclic) bond motifs is 4. The highest BCUT2D eigenvalue weighted by atomic mass is 32.2. The van der Waals surface area contributed by atoms with Gasteiger partial charge in [0.05, 0.1) is 15.9 Å². The SMILES string of the molecule is NS(=O)(=O)c1cc2c3c(c1)[C@H]1C=CC[C@H]1[C@H](c1ccc([N+](=O)[O-])cc1)N3C[C@@H]1CC=C[C@H]21. The highest BCUT2D eigenvalue weighted by Crippen LogP contribution is 2.59. The van der Waals surface area contributed by atoms with Crippen LogP contribution in [0.25, 0.3) is 0 Å². The summed E-state index contributed by atoms with van der Waals surface area (Å²) in [6, 6.07) is 10.5. The van der Waals surface area contributed by atoms with Gasteiger partial charge in [0.1, 0.15) is 0 Å². The molecule has 0 bridgehead atoms. The Morgan fingerprint density at radius 3 is 2.34 bits per heavy atom. The summed E-state index contributed by atoms with van der Waals surface area (Å²) in [6.07, 6.45) is 10.6. The van der Waals surface area contributed by atoms with E-state index in [-0.39, 0.29) is 39.3 Å². The van der Waals surface area contributed by atoms with Crippen molar-refractivity contribution < 1.29 is 13.3 Å². The highest BCUT2D eigenvalue weighted by molar-refractivity contribution is 7.89. The van der Waals surface area contributed by atoms with Crippen molar-refractivity contribution in [2.45, 2.75) is 35.6 Å². The third kappa shape index (κ3) is 2.79. The molecule has 0 radical (unpaired) electrons. The van der Waals surface area contributed by atoms with E-state index in [4.69, 9.17) is 5.14 Å². The molecule has 2 aliphatic carbocycles. The molecule has 164 valence electrons.